The van der Waals surface area contributed by atoms with Gasteiger partial charge in [0.25, 0.3) is 0 Å². The largest absolute Gasteiger partial charge is 0.465 e. The van der Waals surface area contributed by atoms with Crippen LogP contribution in [-0.4, -0.2) is 21.5 Å². The highest BCUT2D eigenvalue weighted by Gasteiger charge is 2.22. The summed E-state index contributed by atoms with van der Waals surface area (Å²) in [7, 11) is -2.76. The first-order chi connectivity index (χ1) is 12.4. The molecule has 2 aromatic rings. The molecule has 0 aliphatic carbocycles. The number of methoxy groups -OCH3 is 1. The molecule has 0 heterocycles. The third kappa shape index (κ3) is 5.06. The summed E-state index contributed by atoms with van der Waals surface area (Å²) in [6.45, 7) is 2.08. The number of benzene rings is 2. The first-order valence-corrected chi connectivity index (χ1v) is 9.92. The summed E-state index contributed by atoms with van der Waals surface area (Å²) >= 11 is 0. The number of esters is 1. The number of rotatable bonds is 8. The maximum Gasteiger partial charge on any atom is 0.338 e. The van der Waals surface area contributed by atoms with Crippen molar-refractivity contribution in [3.05, 3.63) is 53.6 Å². The van der Waals surface area contributed by atoms with Gasteiger partial charge in [-0.25, -0.2) is 18.4 Å². The Bertz CT molecular complexity index is 863. The van der Waals surface area contributed by atoms with Crippen molar-refractivity contribution >= 4 is 16.0 Å². The van der Waals surface area contributed by atoms with Crippen LogP contribution in [0, 0.1) is 0 Å². The van der Waals surface area contributed by atoms with Crippen LogP contribution in [-0.2, 0) is 21.2 Å². The zero-order valence-corrected chi connectivity index (χ0v) is 15.7. The molecular weight excluding hydrogens is 354 g/mol. The lowest BCUT2D eigenvalue weighted by molar-refractivity contribution is 0.0598. The Hall–Kier alpha value is -2.38. The molecule has 2 aromatic carbocycles. The van der Waals surface area contributed by atoms with Gasteiger partial charge in [0.1, 0.15) is 11.5 Å². The van der Waals surface area contributed by atoms with Gasteiger partial charge >= 0.3 is 5.97 Å². The van der Waals surface area contributed by atoms with Crippen LogP contribution in [0.15, 0.2) is 47.4 Å². The maximum absolute atomic E-state index is 12.2. The number of hydrogen-bond acceptors (Lipinski definition) is 5. The minimum Gasteiger partial charge on any atom is -0.465 e. The van der Waals surface area contributed by atoms with E-state index in [1.54, 1.807) is 24.3 Å². The van der Waals surface area contributed by atoms with Crippen molar-refractivity contribution in [1.82, 2.24) is 0 Å². The molecule has 0 unspecified atom stereocenters. The molecule has 0 aromatic heterocycles. The van der Waals surface area contributed by atoms with Crippen LogP contribution in [0.4, 0.5) is 0 Å². The van der Waals surface area contributed by atoms with Crippen LogP contribution in [0.1, 0.15) is 42.1 Å². The topological polar surface area (TPSA) is 95.7 Å². The first kappa shape index (κ1) is 19.9. The molecule has 140 valence electrons. The molecule has 2 N–H and O–H groups in total. The van der Waals surface area contributed by atoms with E-state index in [-0.39, 0.29) is 10.5 Å². The molecule has 0 spiro atoms. The van der Waals surface area contributed by atoms with E-state index in [2.05, 4.69) is 6.92 Å². The van der Waals surface area contributed by atoms with Gasteiger partial charge in [-0.15, -0.1) is 0 Å². The van der Waals surface area contributed by atoms with E-state index in [0.29, 0.717) is 23.5 Å². The highest BCUT2D eigenvalue weighted by molar-refractivity contribution is 7.89. The summed E-state index contributed by atoms with van der Waals surface area (Å²) in [5, 5.41) is 5.27. The van der Waals surface area contributed by atoms with Gasteiger partial charge in [0.2, 0.25) is 10.0 Å². The van der Waals surface area contributed by atoms with Gasteiger partial charge in [0, 0.05) is 11.6 Å². The van der Waals surface area contributed by atoms with Crippen LogP contribution in [0.5, 0.6) is 11.5 Å². The fourth-order valence-corrected chi connectivity index (χ4v) is 3.15. The predicted octanol–water partition coefficient (Wildman–Crippen LogP) is 3.65. The number of unbranched alkanes of at least 4 members (excludes halogenated alkanes) is 2. The van der Waals surface area contributed by atoms with Crippen molar-refractivity contribution in [3.8, 4) is 11.5 Å². The zero-order valence-electron chi connectivity index (χ0n) is 14.9. The Labute approximate surface area is 154 Å². The standard InChI is InChI=1S/C19H23NO5S/c1-3-4-6-11-16-17(19(21)24-2)12-15(26(20,22)23)13-18(16)25-14-9-7-5-8-10-14/h5,7-10,12-13H,3-4,6,11H2,1-2H3,(H2,20,22,23). The van der Waals surface area contributed by atoms with E-state index in [1.807, 2.05) is 6.07 Å². The normalized spacial score (nSPS) is 11.2. The molecule has 0 atom stereocenters. The maximum atomic E-state index is 12.2. The van der Waals surface area contributed by atoms with Gasteiger partial charge in [0.05, 0.1) is 17.6 Å². The van der Waals surface area contributed by atoms with Crippen molar-refractivity contribution in [2.45, 2.75) is 37.5 Å². The summed E-state index contributed by atoms with van der Waals surface area (Å²) < 4.78 is 34.4. The second-order valence-electron chi connectivity index (χ2n) is 5.86. The van der Waals surface area contributed by atoms with Gasteiger partial charge in [-0.1, -0.05) is 38.0 Å². The van der Waals surface area contributed by atoms with E-state index in [1.165, 1.54) is 19.2 Å². The molecule has 26 heavy (non-hydrogen) atoms. The molecule has 6 nitrogen and oxygen atoms in total. The predicted molar refractivity (Wildman–Crippen MR) is 98.9 cm³/mol. The Morgan fingerprint density at radius 3 is 2.38 bits per heavy atom. The number of carbonyl (C=O) groups is 1. The summed E-state index contributed by atoms with van der Waals surface area (Å²) in [4.78, 5) is 12.0. The van der Waals surface area contributed by atoms with Crippen molar-refractivity contribution in [2.24, 2.45) is 5.14 Å². The average molecular weight is 377 g/mol. The lowest BCUT2D eigenvalue weighted by Gasteiger charge is -2.16. The summed E-state index contributed by atoms with van der Waals surface area (Å²) in [5.41, 5.74) is 0.766. The smallest absolute Gasteiger partial charge is 0.338 e. The van der Waals surface area contributed by atoms with Gasteiger partial charge in [-0.3, -0.25) is 0 Å². The number of ether oxygens (including phenoxy) is 2. The number of nitrogens with two attached hydrogens (primary N) is 1. The highest BCUT2D eigenvalue weighted by atomic mass is 32.2. The molecule has 2 rings (SSSR count). The SMILES string of the molecule is CCCCCc1c(Oc2ccccc2)cc(S(N)(=O)=O)cc1C(=O)OC. The molecule has 0 aliphatic heterocycles. The molecule has 0 fully saturated rings. The van der Waals surface area contributed by atoms with Crippen LogP contribution >= 0.6 is 0 Å². The quantitative estimate of drug-likeness (QED) is 0.560. The average Bonchev–Trinajstić information content (AvgIpc) is 2.62. The summed E-state index contributed by atoms with van der Waals surface area (Å²) in [5.74, 6) is 0.200. The third-order valence-electron chi connectivity index (χ3n) is 3.92. The number of carbonyl (C=O) groups excluding carboxylic acids is 1. The minimum absolute atomic E-state index is 0.154. The lowest BCUT2D eigenvalue weighted by atomic mass is 10.00. The Balaban J connectivity index is 2.60. The number of hydrogen-bond donors (Lipinski definition) is 1. The minimum atomic E-state index is -4.01. The Morgan fingerprint density at radius 1 is 1.12 bits per heavy atom. The van der Waals surface area contributed by atoms with Gasteiger partial charge in [0.15, 0.2) is 0 Å². The van der Waals surface area contributed by atoms with Gasteiger partial charge < -0.3 is 9.47 Å². The fourth-order valence-electron chi connectivity index (χ4n) is 2.59. The molecule has 0 amide bonds. The lowest BCUT2D eigenvalue weighted by Crippen LogP contribution is -2.15. The van der Waals surface area contributed by atoms with E-state index in [4.69, 9.17) is 14.6 Å². The Morgan fingerprint density at radius 2 is 1.81 bits per heavy atom. The molecular formula is C19H23NO5S. The summed E-state index contributed by atoms with van der Waals surface area (Å²) in [6, 6.07) is 11.5. The van der Waals surface area contributed by atoms with Crippen molar-refractivity contribution in [1.29, 1.82) is 0 Å². The highest BCUT2D eigenvalue weighted by Crippen LogP contribution is 2.32. The number of para-hydroxylation sites is 1. The van der Waals surface area contributed by atoms with Crippen molar-refractivity contribution in [3.63, 3.8) is 0 Å². The van der Waals surface area contributed by atoms with E-state index in [0.717, 1.165) is 19.3 Å². The molecule has 0 saturated heterocycles. The second kappa shape index (κ2) is 8.82. The van der Waals surface area contributed by atoms with E-state index in [9.17, 15) is 13.2 Å². The zero-order chi connectivity index (χ0) is 19.2. The third-order valence-corrected chi connectivity index (χ3v) is 4.81. The molecule has 0 saturated carbocycles. The first-order valence-electron chi connectivity index (χ1n) is 8.37. The molecule has 0 bridgehead atoms. The molecule has 0 aliphatic rings. The van der Waals surface area contributed by atoms with Gasteiger partial charge in [-0.2, -0.15) is 0 Å². The molecule has 0 radical (unpaired) electrons. The van der Waals surface area contributed by atoms with E-state index < -0.39 is 16.0 Å². The van der Waals surface area contributed by atoms with Crippen molar-refractivity contribution in [2.75, 3.05) is 7.11 Å². The van der Waals surface area contributed by atoms with Gasteiger partial charge in [-0.05, 0) is 31.0 Å². The monoisotopic (exact) mass is 377 g/mol. The van der Waals surface area contributed by atoms with Crippen LogP contribution in [0.25, 0.3) is 0 Å². The second-order valence-corrected chi connectivity index (χ2v) is 7.42. The fraction of sp³-hybridized carbons (Fsp3) is 0.316. The van der Waals surface area contributed by atoms with Crippen LogP contribution in [0.2, 0.25) is 0 Å². The Kier molecular flexibility index (Phi) is 6.76. The summed E-state index contributed by atoms with van der Waals surface area (Å²) in [6.07, 6.45) is 3.38. The van der Waals surface area contributed by atoms with Crippen LogP contribution < -0.4 is 9.88 Å². The molecule has 7 heteroatoms. The van der Waals surface area contributed by atoms with Crippen LogP contribution in [0.3, 0.4) is 0 Å². The number of primary sulfonamides is 1. The van der Waals surface area contributed by atoms with Crippen molar-refractivity contribution < 1.29 is 22.7 Å². The van der Waals surface area contributed by atoms with E-state index >= 15 is 0 Å². The number of sulfonamides is 1.